The lowest BCUT2D eigenvalue weighted by molar-refractivity contribution is 0.416. The van der Waals surface area contributed by atoms with Gasteiger partial charge in [0, 0.05) is 7.05 Å². The van der Waals surface area contributed by atoms with Crippen LogP contribution in [0.4, 0.5) is 5.82 Å². The van der Waals surface area contributed by atoms with Gasteiger partial charge in [-0.15, -0.1) is 0 Å². The van der Waals surface area contributed by atoms with Gasteiger partial charge in [-0.2, -0.15) is 5.10 Å². The molecule has 1 rings (SSSR count). The van der Waals surface area contributed by atoms with Gasteiger partial charge in [-0.25, -0.2) is 10.5 Å². The number of nitrogens with zero attached hydrogens (tertiary/aromatic N) is 2. The van der Waals surface area contributed by atoms with Crippen LogP contribution in [0.1, 0.15) is 0 Å². The number of nitrogens with one attached hydrogen (secondary N) is 1. The summed E-state index contributed by atoms with van der Waals surface area (Å²) in [6, 6.07) is 0. The molecule has 10 heavy (non-hydrogen) atoms. The molecule has 0 aliphatic rings. The molecule has 0 unspecified atom stereocenters. The summed E-state index contributed by atoms with van der Waals surface area (Å²) >= 11 is 0. The molecule has 0 saturated heterocycles. The molecule has 1 heterocycles. The number of nitrogen functional groups attached to an aromatic ring is 1. The Hall–Kier alpha value is -1.23. The average molecular weight is 142 g/mol. The quantitative estimate of drug-likeness (QED) is 0.440. The van der Waals surface area contributed by atoms with Crippen LogP contribution in [0.25, 0.3) is 0 Å². The van der Waals surface area contributed by atoms with Crippen LogP contribution < -0.4 is 16.0 Å². The zero-order valence-electron chi connectivity index (χ0n) is 5.96. The summed E-state index contributed by atoms with van der Waals surface area (Å²) in [4.78, 5) is 0. The summed E-state index contributed by atoms with van der Waals surface area (Å²) < 4.78 is 6.53. The predicted molar refractivity (Wildman–Crippen MR) is 37.6 cm³/mol. The van der Waals surface area contributed by atoms with Crippen molar-refractivity contribution in [2.75, 3.05) is 12.5 Å². The monoisotopic (exact) mass is 142 g/mol. The molecule has 1 aromatic rings. The molecule has 0 atom stereocenters. The third-order valence-corrected chi connectivity index (χ3v) is 1.26. The Morgan fingerprint density at radius 2 is 2.50 bits per heavy atom. The number of hydrogen-bond donors (Lipinski definition) is 2. The second-order valence-corrected chi connectivity index (χ2v) is 1.83. The molecule has 3 N–H and O–H groups in total. The second kappa shape index (κ2) is 2.57. The lowest BCUT2D eigenvalue weighted by atomic mass is 10.6. The standard InChI is InChI=1S/C5H10N4O/c1-9-5(8-6)4(10-2)3-7-9/h3,8H,6H2,1-2H3. The van der Waals surface area contributed by atoms with Gasteiger partial charge in [-0.3, -0.25) is 0 Å². The topological polar surface area (TPSA) is 65.1 Å². The molecular formula is C5H10N4O. The molecule has 0 radical (unpaired) electrons. The minimum Gasteiger partial charge on any atom is -0.491 e. The molecule has 0 amide bonds. The van der Waals surface area contributed by atoms with Crippen molar-refractivity contribution >= 4 is 5.82 Å². The van der Waals surface area contributed by atoms with Crippen LogP contribution in [0.2, 0.25) is 0 Å². The Kier molecular flexibility index (Phi) is 1.77. The van der Waals surface area contributed by atoms with Crippen molar-refractivity contribution in [3.8, 4) is 5.75 Å². The molecule has 0 saturated carbocycles. The van der Waals surface area contributed by atoms with Gasteiger partial charge in [-0.05, 0) is 0 Å². The van der Waals surface area contributed by atoms with Crippen molar-refractivity contribution < 1.29 is 4.74 Å². The van der Waals surface area contributed by atoms with Crippen LogP contribution in [0.15, 0.2) is 6.20 Å². The van der Waals surface area contributed by atoms with Gasteiger partial charge in [0.1, 0.15) is 0 Å². The van der Waals surface area contributed by atoms with Crippen molar-refractivity contribution in [2.45, 2.75) is 0 Å². The minimum absolute atomic E-state index is 0.644. The van der Waals surface area contributed by atoms with Crippen LogP contribution in [0, 0.1) is 0 Å². The van der Waals surface area contributed by atoms with Gasteiger partial charge in [0.05, 0.1) is 13.3 Å². The van der Waals surface area contributed by atoms with Crippen molar-refractivity contribution in [2.24, 2.45) is 12.9 Å². The first-order chi connectivity index (χ1) is 4.79. The molecule has 0 aliphatic heterocycles. The molecule has 0 aromatic carbocycles. The number of ether oxygens (including phenoxy) is 1. The molecule has 56 valence electrons. The van der Waals surface area contributed by atoms with Crippen molar-refractivity contribution in [3.05, 3.63) is 6.20 Å². The third kappa shape index (κ3) is 0.906. The maximum atomic E-state index is 5.18. The number of hydrogen-bond acceptors (Lipinski definition) is 4. The Morgan fingerprint density at radius 1 is 1.80 bits per heavy atom. The Balaban J connectivity index is 3.01. The van der Waals surface area contributed by atoms with E-state index in [1.165, 1.54) is 0 Å². The van der Waals surface area contributed by atoms with Crippen LogP contribution in [0.5, 0.6) is 5.75 Å². The molecule has 0 fully saturated rings. The van der Waals surface area contributed by atoms with E-state index in [2.05, 4.69) is 10.5 Å². The summed E-state index contributed by atoms with van der Waals surface area (Å²) in [5.41, 5.74) is 2.47. The van der Waals surface area contributed by atoms with Crippen LogP contribution >= 0.6 is 0 Å². The largest absolute Gasteiger partial charge is 0.491 e. The fourth-order valence-corrected chi connectivity index (χ4v) is 0.731. The molecule has 5 nitrogen and oxygen atoms in total. The van der Waals surface area contributed by atoms with Crippen molar-refractivity contribution in [1.29, 1.82) is 0 Å². The first kappa shape index (κ1) is 6.88. The highest BCUT2D eigenvalue weighted by molar-refractivity contribution is 5.48. The number of methoxy groups -OCH3 is 1. The van der Waals surface area contributed by atoms with Crippen LogP contribution in [-0.4, -0.2) is 16.9 Å². The second-order valence-electron chi connectivity index (χ2n) is 1.83. The molecule has 1 aromatic heterocycles. The SMILES string of the molecule is COc1cnn(C)c1NN. The summed E-state index contributed by atoms with van der Waals surface area (Å²) in [5, 5.41) is 3.91. The zero-order chi connectivity index (χ0) is 7.56. The Bertz CT molecular complexity index is 219. The number of rotatable bonds is 2. The van der Waals surface area contributed by atoms with Gasteiger partial charge in [0.15, 0.2) is 11.6 Å². The normalized spacial score (nSPS) is 9.50. The van der Waals surface area contributed by atoms with E-state index in [1.807, 2.05) is 0 Å². The highest BCUT2D eigenvalue weighted by atomic mass is 16.5. The van der Waals surface area contributed by atoms with Gasteiger partial charge in [0.25, 0.3) is 0 Å². The van der Waals surface area contributed by atoms with E-state index in [4.69, 9.17) is 10.6 Å². The van der Waals surface area contributed by atoms with Crippen molar-refractivity contribution in [3.63, 3.8) is 0 Å². The molecule has 0 aliphatic carbocycles. The van der Waals surface area contributed by atoms with Gasteiger partial charge >= 0.3 is 0 Å². The molecular weight excluding hydrogens is 132 g/mol. The summed E-state index contributed by atoms with van der Waals surface area (Å²) in [6.45, 7) is 0. The highest BCUT2D eigenvalue weighted by Gasteiger charge is 2.04. The molecule has 0 bridgehead atoms. The van der Waals surface area contributed by atoms with E-state index >= 15 is 0 Å². The Morgan fingerprint density at radius 3 is 2.90 bits per heavy atom. The predicted octanol–water partition coefficient (Wildman–Crippen LogP) is -0.286. The highest BCUT2D eigenvalue weighted by Crippen LogP contribution is 2.20. The summed E-state index contributed by atoms with van der Waals surface area (Å²) in [5.74, 6) is 6.49. The van der Waals surface area contributed by atoms with E-state index in [0.717, 1.165) is 0 Å². The van der Waals surface area contributed by atoms with E-state index in [0.29, 0.717) is 11.6 Å². The lowest BCUT2D eigenvalue weighted by Gasteiger charge is -2.01. The minimum atomic E-state index is 0.644. The fourth-order valence-electron chi connectivity index (χ4n) is 0.731. The molecule has 5 heteroatoms. The van der Waals surface area contributed by atoms with E-state index < -0.39 is 0 Å². The first-order valence-corrected chi connectivity index (χ1v) is 2.82. The average Bonchev–Trinajstić information content (AvgIpc) is 2.30. The third-order valence-electron chi connectivity index (χ3n) is 1.26. The number of anilines is 1. The smallest absolute Gasteiger partial charge is 0.182 e. The fraction of sp³-hybridized carbons (Fsp3) is 0.400. The number of aromatic nitrogens is 2. The maximum absolute atomic E-state index is 5.18. The van der Waals surface area contributed by atoms with E-state index in [-0.39, 0.29) is 0 Å². The summed E-state index contributed by atoms with van der Waals surface area (Å²) in [7, 11) is 3.34. The zero-order valence-corrected chi connectivity index (χ0v) is 5.96. The van der Waals surface area contributed by atoms with E-state index in [1.54, 1.807) is 25.0 Å². The number of nitrogens with two attached hydrogens (primary N) is 1. The first-order valence-electron chi connectivity index (χ1n) is 2.82. The number of aryl methyl sites for hydroxylation is 1. The summed E-state index contributed by atoms with van der Waals surface area (Å²) in [6.07, 6.45) is 1.59. The van der Waals surface area contributed by atoms with Crippen LogP contribution in [-0.2, 0) is 7.05 Å². The Labute approximate surface area is 58.7 Å². The molecule has 0 spiro atoms. The van der Waals surface area contributed by atoms with Crippen molar-refractivity contribution in [1.82, 2.24) is 9.78 Å². The van der Waals surface area contributed by atoms with Gasteiger partial charge in [0.2, 0.25) is 0 Å². The van der Waals surface area contributed by atoms with Gasteiger partial charge < -0.3 is 10.2 Å². The maximum Gasteiger partial charge on any atom is 0.182 e. The van der Waals surface area contributed by atoms with E-state index in [9.17, 15) is 0 Å². The van der Waals surface area contributed by atoms with Gasteiger partial charge in [-0.1, -0.05) is 0 Å². The lowest BCUT2D eigenvalue weighted by Crippen LogP contribution is -2.11. The van der Waals surface area contributed by atoms with Crippen LogP contribution in [0.3, 0.4) is 0 Å². The number of hydrazine groups is 1.